The monoisotopic (exact) mass is 391 g/mol. The topological polar surface area (TPSA) is 96.3 Å². The molecule has 8 heteroatoms. The number of rotatable bonds is 5. The zero-order valence-electron chi connectivity index (χ0n) is 12.5. The molecule has 0 unspecified atom stereocenters. The van der Waals surface area contributed by atoms with E-state index in [1.807, 2.05) is 18.2 Å². The maximum atomic E-state index is 12.3. The molecule has 0 fully saturated rings. The van der Waals surface area contributed by atoms with Gasteiger partial charge < -0.3 is 20.1 Å². The molecular weight excluding hydrogens is 378 g/mol. The Balaban J connectivity index is 1.89. The van der Waals surface area contributed by atoms with Crippen LogP contribution in [0.4, 0.5) is 4.79 Å². The summed E-state index contributed by atoms with van der Waals surface area (Å²) in [5.74, 6) is 0.552. The van der Waals surface area contributed by atoms with Gasteiger partial charge in [0.2, 0.25) is 0 Å². The fraction of sp³-hybridized carbons (Fsp3) is 0.125. The van der Waals surface area contributed by atoms with Crippen LogP contribution in [0, 0.1) is 0 Å². The zero-order valence-corrected chi connectivity index (χ0v) is 14.0. The van der Waals surface area contributed by atoms with Gasteiger partial charge in [-0.25, -0.2) is 9.59 Å². The largest absolute Gasteiger partial charge is 0.492 e. The number of hydrogen-bond donors (Lipinski definition) is 3. The summed E-state index contributed by atoms with van der Waals surface area (Å²) in [4.78, 5) is 25.5. The van der Waals surface area contributed by atoms with Crippen molar-refractivity contribution < 1.29 is 14.6 Å². The number of aromatic amines is 1. The quantitative estimate of drug-likeness (QED) is 0.582. The fourth-order valence-electron chi connectivity index (χ4n) is 2.37. The van der Waals surface area contributed by atoms with E-state index in [0.29, 0.717) is 11.4 Å². The molecule has 3 rings (SSSR count). The van der Waals surface area contributed by atoms with Crippen LogP contribution < -0.4 is 15.7 Å². The lowest BCUT2D eigenvalue weighted by Gasteiger charge is -2.09. The Morgan fingerprint density at radius 2 is 2.12 bits per heavy atom. The molecule has 1 heterocycles. The van der Waals surface area contributed by atoms with Gasteiger partial charge in [0.1, 0.15) is 12.4 Å². The number of aromatic nitrogens is 2. The van der Waals surface area contributed by atoms with Crippen LogP contribution in [0.25, 0.3) is 16.7 Å². The Hall–Kier alpha value is -2.74. The van der Waals surface area contributed by atoms with Gasteiger partial charge in [-0.1, -0.05) is 22.0 Å². The number of benzene rings is 2. The lowest BCUT2D eigenvalue weighted by molar-refractivity contribution is 0.191. The van der Waals surface area contributed by atoms with Crippen molar-refractivity contribution in [3.05, 3.63) is 57.4 Å². The van der Waals surface area contributed by atoms with Crippen molar-refractivity contribution >= 4 is 33.1 Å². The number of halogens is 1. The second kappa shape index (κ2) is 6.79. The van der Waals surface area contributed by atoms with Gasteiger partial charge in [-0.3, -0.25) is 4.57 Å². The highest BCUT2D eigenvalue weighted by Gasteiger charge is 2.10. The Morgan fingerprint density at radius 3 is 2.92 bits per heavy atom. The molecule has 3 N–H and O–H groups in total. The summed E-state index contributed by atoms with van der Waals surface area (Å²) in [6, 6.07) is 12.6. The number of fused-ring (bicyclic) bond motifs is 1. The number of carbonyl (C=O) groups is 1. The van der Waals surface area contributed by atoms with E-state index in [-0.39, 0.29) is 18.8 Å². The number of nitrogens with one attached hydrogen (secondary N) is 2. The van der Waals surface area contributed by atoms with Gasteiger partial charge in [0.15, 0.2) is 0 Å². The second-order valence-corrected chi connectivity index (χ2v) is 5.92. The number of hydrogen-bond acceptors (Lipinski definition) is 3. The second-order valence-electron chi connectivity index (χ2n) is 5.00. The molecule has 0 saturated heterocycles. The first-order chi connectivity index (χ1) is 11.5. The number of H-pyrrole nitrogens is 1. The van der Waals surface area contributed by atoms with Gasteiger partial charge in [-0.15, -0.1) is 0 Å². The van der Waals surface area contributed by atoms with Crippen molar-refractivity contribution in [2.24, 2.45) is 0 Å². The van der Waals surface area contributed by atoms with Crippen molar-refractivity contribution in [1.29, 1.82) is 0 Å². The van der Waals surface area contributed by atoms with Crippen molar-refractivity contribution in [3.8, 4) is 11.4 Å². The summed E-state index contributed by atoms with van der Waals surface area (Å²) < 4.78 is 7.94. The third kappa shape index (κ3) is 3.43. The minimum atomic E-state index is -1.09. The molecule has 0 aliphatic rings. The molecule has 0 bridgehead atoms. The third-order valence-corrected chi connectivity index (χ3v) is 3.86. The molecule has 0 radical (unpaired) electrons. The maximum Gasteiger partial charge on any atom is 0.404 e. The molecule has 1 aromatic heterocycles. The Morgan fingerprint density at radius 1 is 1.29 bits per heavy atom. The predicted molar refractivity (Wildman–Crippen MR) is 93.1 cm³/mol. The van der Waals surface area contributed by atoms with E-state index in [1.54, 1.807) is 28.8 Å². The van der Waals surface area contributed by atoms with Crippen molar-refractivity contribution in [3.63, 3.8) is 0 Å². The van der Waals surface area contributed by atoms with Crippen LogP contribution >= 0.6 is 15.9 Å². The van der Waals surface area contributed by atoms with Gasteiger partial charge in [-0.2, -0.15) is 0 Å². The number of amides is 1. The van der Waals surface area contributed by atoms with Crippen LogP contribution in [0.5, 0.6) is 5.75 Å². The van der Waals surface area contributed by atoms with Crippen LogP contribution in [0.2, 0.25) is 0 Å². The molecule has 7 nitrogen and oxygen atoms in total. The normalized spacial score (nSPS) is 10.7. The highest BCUT2D eigenvalue weighted by atomic mass is 79.9. The summed E-state index contributed by atoms with van der Waals surface area (Å²) >= 11 is 3.41. The molecule has 0 atom stereocenters. The molecule has 24 heavy (non-hydrogen) atoms. The lowest BCUT2D eigenvalue weighted by Crippen LogP contribution is -2.26. The van der Waals surface area contributed by atoms with Gasteiger partial charge >= 0.3 is 11.8 Å². The van der Waals surface area contributed by atoms with Crippen LogP contribution in [0.1, 0.15) is 0 Å². The lowest BCUT2D eigenvalue weighted by atomic mass is 10.2. The van der Waals surface area contributed by atoms with Crippen molar-refractivity contribution in [1.82, 2.24) is 14.9 Å². The number of ether oxygens (including phenoxy) is 1. The Labute approximate surface area is 145 Å². The van der Waals surface area contributed by atoms with E-state index in [2.05, 4.69) is 26.2 Å². The van der Waals surface area contributed by atoms with Crippen LogP contribution in [-0.2, 0) is 0 Å². The summed E-state index contributed by atoms with van der Waals surface area (Å²) in [6.07, 6.45) is -1.09. The first kappa shape index (κ1) is 16.1. The SMILES string of the molecule is O=C(O)NCCOc1cccc(-n2c(=O)[nH]c3ccc(Br)cc32)c1. The molecule has 3 aromatic rings. The molecule has 1 amide bonds. The molecular formula is C16H14BrN3O4. The summed E-state index contributed by atoms with van der Waals surface area (Å²) in [6.45, 7) is 0.379. The molecule has 2 aromatic carbocycles. The molecule has 124 valence electrons. The molecule has 0 spiro atoms. The first-order valence-electron chi connectivity index (χ1n) is 7.15. The average molecular weight is 392 g/mol. The zero-order chi connectivity index (χ0) is 17.1. The summed E-state index contributed by atoms with van der Waals surface area (Å²) in [5, 5.41) is 10.7. The van der Waals surface area contributed by atoms with E-state index < -0.39 is 6.09 Å². The maximum absolute atomic E-state index is 12.3. The van der Waals surface area contributed by atoms with Gasteiger partial charge in [0.25, 0.3) is 0 Å². The fourth-order valence-corrected chi connectivity index (χ4v) is 2.72. The first-order valence-corrected chi connectivity index (χ1v) is 7.94. The Kier molecular flexibility index (Phi) is 4.57. The molecule has 0 aliphatic carbocycles. The number of carboxylic acid groups (broad SMARTS) is 1. The standard InChI is InChI=1S/C16H14BrN3O4/c17-10-4-5-13-14(8-10)20(15(21)19-13)11-2-1-3-12(9-11)24-7-6-18-16(22)23/h1-5,8-9,18H,6-7H2,(H,19,21)(H,22,23). The highest BCUT2D eigenvalue weighted by Crippen LogP contribution is 2.22. The van der Waals surface area contributed by atoms with E-state index in [4.69, 9.17) is 9.84 Å². The number of imidazole rings is 1. The van der Waals surface area contributed by atoms with E-state index in [0.717, 1.165) is 15.5 Å². The van der Waals surface area contributed by atoms with Crippen LogP contribution in [-0.4, -0.2) is 33.9 Å². The van der Waals surface area contributed by atoms with E-state index in [9.17, 15) is 9.59 Å². The minimum Gasteiger partial charge on any atom is -0.492 e. The minimum absolute atomic E-state index is 0.180. The summed E-state index contributed by atoms with van der Waals surface area (Å²) in [7, 11) is 0. The molecule has 0 saturated carbocycles. The van der Waals surface area contributed by atoms with Crippen molar-refractivity contribution in [2.45, 2.75) is 0 Å². The van der Waals surface area contributed by atoms with Crippen molar-refractivity contribution in [2.75, 3.05) is 13.2 Å². The van der Waals surface area contributed by atoms with Gasteiger partial charge in [0.05, 0.1) is 23.3 Å². The van der Waals surface area contributed by atoms with E-state index >= 15 is 0 Å². The van der Waals surface area contributed by atoms with Crippen LogP contribution in [0.15, 0.2) is 51.7 Å². The number of nitrogens with zero attached hydrogens (tertiary/aromatic N) is 1. The summed E-state index contributed by atoms with van der Waals surface area (Å²) in [5.41, 5.74) is 1.90. The predicted octanol–water partition coefficient (Wildman–Crippen LogP) is 2.73. The third-order valence-electron chi connectivity index (χ3n) is 3.37. The van der Waals surface area contributed by atoms with Gasteiger partial charge in [0, 0.05) is 10.5 Å². The highest BCUT2D eigenvalue weighted by molar-refractivity contribution is 9.10. The smallest absolute Gasteiger partial charge is 0.404 e. The van der Waals surface area contributed by atoms with E-state index in [1.165, 1.54) is 0 Å². The van der Waals surface area contributed by atoms with Gasteiger partial charge in [-0.05, 0) is 30.3 Å². The van der Waals surface area contributed by atoms with Crippen LogP contribution in [0.3, 0.4) is 0 Å². The average Bonchev–Trinajstić information content (AvgIpc) is 2.87. The Bertz CT molecular complexity index is 948. The molecule has 0 aliphatic heterocycles.